The summed E-state index contributed by atoms with van der Waals surface area (Å²) in [5.74, 6) is -0.265. The molecule has 0 aromatic rings. The average molecular weight is 497 g/mol. The van der Waals surface area contributed by atoms with Gasteiger partial charge in [0.25, 0.3) is 0 Å². The number of aliphatic hydroxyl groups is 5. The molecule has 35 heavy (non-hydrogen) atoms. The average Bonchev–Trinajstić information content (AvgIpc) is 3.09. The molecule has 1 aliphatic heterocycles. The van der Waals surface area contributed by atoms with Crippen LogP contribution in [-0.2, 0) is 9.53 Å². The summed E-state index contributed by atoms with van der Waals surface area (Å²) in [6, 6.07) is 0. The molecule has 4 aliphatic rings. The first kappa shape index (κ1) is 27.3. The number of carbonyl (C=O) groups excluding carboxylic acids is 1. The van der Waals surface area contributed by atoms with E-state index in [-0.39, 0.29) is 41.5 Å². The van der Waals surface area contributed by atoms with E-state index in [9.17, 15) is 30.3 Å². The molecule has 7 heteroatoms. The van der Waals surface area contributed by atoms with Crippen molar-refractivity contribution in [3.05, 3.63) is 0 Å². The standard InChI is InChI=1S/C28H48O7/c1-14(23(31)24(32)15(2)26(3,4)34)17-7-8-18-16-13-35-25(33)20-11-21(29)22(30)12-28(20,6)19(16)9-10-27(17,18)5/h14-24,29-32,34H,7-13H2,1-6H3/t14-,15-,16-,17+,18-,19-,20+,21-,22+,23+,24+,27+,28+/m0/s1. The first-order chi connectivity index (χ1) is 16.1. The van der Waals surface area contributed by atoms with Crippen molar-refractivity contribution in [1.82, 2.24) is 0 Å². The number of carbonyl (C=O) groups is 1. The maximum atomic E-state index is 13.0. The summed E-state index contributed by atoms with van der Waals surface area (Å²) < 4.78 is 5.85. The van der Waals surface area contributed by atoms with Gasteiger partial charge >= 0.3 is 5.97 Å². The molecule has 13 atom stereocenters. The van der Waals surface area contributed by atoms with E-state index in [4.69, 9.17) is 4.74 Å². The van der Waals surface area contributed by atoms with Crippen LogP contribution < -0.4 is 0 Å². The molecular formula is C28H48O7. The van der Waals surface area contributed by atoms with Crippen molar-refractivity contribution in [1.29, 1.82) is 0 Å². The van der Waals surface area contributed by atoms with Gasteiger partial charge < -0.3 is 30.3 Å². The van der Waals surface area contributed by atoms with Gasteiger partial charge in [0.15, 0.2) is 0 Å². The minimum Gasteiger partial charge on any atom is -0.465 e. The molecule has 0 aromatic heterocycles. The van der Waals surface area contributed by atoms with Gasteiger partial charge in [-0.25, -0.2) is 0 Å². The molecule has 1 saturated heterocycles. The largest absolute Gasteiger partial charge is 0.465 e. The number of aliphatic hydroxyl groups excluding tert-OH is 4. The Hall–Kier alpha value is -0.730. The zero-order valence-electron chi connectivity index (χ0n) is 22.4. The lowest BCUT2D eigenvalue weighted by atomic mass is 9.48. The molecule has 0 amide bonds. The molecular weight excluding hydrogens is 448 g/mol. The molecule has 7 nitrogen and oxygen atoms in total. The van der Waals surface area contributed by atoms with Crippen molar-refractivity contribution in [2.45, 2.75) is 110 Å². The van der Waals surface area contributed by atoms with E-state index in [0.717, 1.165) is 25.7 Å². The van der Waals surface area contributed by atoms with E-state index in [0.29, 0.717) is 18.9 Å². The second-order valence-corrected chi connectivity index (χ2v) is 13.7. The monoisotopic (exact) mass is 496 g/mol. The van der Waals surface area contributed by atoms with Gasteiger partial charge in [-0.15, -0.1) is 0 Å². The maximum Gasteiger partial charge on any atom is 0.309 e. The van der Waals surface area contributed by atoms with Crippen LogP contribution in [0.15, 0.2) is 0 Å². The fourth-order valence-corrected chi connectivity index (χ4v) is 8.96. The fraction of sp³-hybridized carbons (Fsp3) is 0.964. The van der Waals surface area contributed by atoms with Gasteiger partial charge in [-0.2, -0.15) is 0 Å². The zero-order chi connectivity index (χ0) is 26.1. The van der Waals surface area contributed by atoms with Gasteiger partial charge in [-0.1, -0.05) is 27.7 Å². The Morgan fingerprint density at radius 3 is 2.23 bits per heavy atom. The number of rotatable bonds is 5. The smallest absolute Gasteiger partial charge is 0.309 e. The highest BCUT2D eigenvalue weighted by atomic mass is 16.5. The summed E-state index contributed by atoms with van der Waals surface area (Å²) >= 11 is 0. The molecule has 0 spiro atoms. The van der Waals surface area contributed by atoms with Crippen molar-refractivity contribution in [3.63, 3.8) is 0 Å². The van der Waals surface area contributed by atoms with E-state index in [1.54, 1.807) is 20.8 Å². The highest BCUT2D eigenvalue weighted by Gasteiger charge is 2.63. The number of hydrogen-bond acceptors (Lipinski definition) is 7. The number of hydrogen-bond donors (Lipinski definition) is 5. The fourth-order valence-electron chi connectivity index (χ4n) is 8.96. The Bertz CT molecular complexity index is 795. The summed E-state index contributed by atoms with van der Waals surface area (Å²) in [6.45, 7) is 11.9. The third kappa shape index (κ3) is 4.37. The van der Waals surface area contributed by atoms with Crippen molar-refractivity contribution in [2.24, 2.45) is 52.3 Å². The van der Waals surface area contributed by atoms with Crippen molar-refractivity contribution >= 4 is 5.97 Å². The number of ether oxygens (including phenoxy) is 1. The highest BCUT2D eigenvalue weighted by molar-refractivity contribution is 5.74. The predicted molar refractivity (Wildman–Crippen MR) is 131 cm³/mol. The lowest BCUT2D eigenvalue weighted by molar-refractivity contribution is -0.162. The zero-order valence-corrected chi connectivity index (χ0v) is 22.4. The molecule has 1 heterocycles. The molecule has 3 saturated carbocycles. The highest BCUT2D eigenvalue weighted by Crippen LogP contribution is 2.66. The van der Waals surface area contributed by atoms with Crippen LogP contribution in [0.2, 0.25) is 0 Å². The molecule has 4 fully saturated rings. The number of cyclic esters (lactones) is 1. The summed E-state index contributed by atoms with van der Waals surface area (Å²) in [5.41, 5.74) is -1.54. The first-order valence-corrected chi connectivity index (χ1v) is 13.7. The van der Waals surface area contributed by atoms with E-state index >= 15 is 0 Å². The van der Waals surface area contributed by atoms with Gasteiger partial charge in [0.1, 0.15) is 0 Å². The van der Waals surface area contributed by atoms with Crippen molar-refractivity contribution in [3.8, 4) is 0 Å². The summed E-state index contributed by atoms with van der Waals surface area (Å²) in [6.07, 6.45) is 0.837. The van der Waals surface area contributed by atoms with Crippen LogP contribution >= 0.6 is 0 Å². The number of esters is 1. The molecule has 202 valence electrons. The van der Waals surface area contributed by atoms with E-state index in [1.807, 2.05) is 6.92 Å². The van der Waals surface area contributed by atoms with Crippen LogP contribution in [0.25, 0.3) is 0 Å². The van der Waals surface area contributed by atoms with Gasteiger partial charge in [-0.3, -0.25) is 4.79 Å². The minimum absolute atomic E-state index is 0.0470. The van der Waals surface area contributed by atoms with Crippen LogP contribution in [0.1, 0.15) is 80.1 Å². The van der Waals surface area contributed by atoms with Crippen LogP contribution in [0.4, 0.5) is 0 Å². The lowest BCUT2D eigenvalue weighted by Crippen LogP contribution is -2.55. The third-order valence-corrected chi connectivity index (χ3v) is 11.6. The Balaban J connectivity index is 1.57. The second kappa shape index (κ2) is 9.23. The normalized spacial score (nSPS) is 47.4. The van der Waals surface area contributed by atoms with Gasteiger partial charge in [0, 0.05) is 5.92 Å². The molecule has 4 rings (SSSR count). The van der Waals surface area contributed by atoms with Gasteiger partial charge in [0.05, 0.1) is 42.5 Å². The second-order valence-electron chi connectivity index (χ2n) is 13.7. The van der Waals surface area contributed by atoms with E-state index < -0.39 is 47.3 Å². The van der Waals surface area contributed by atoms with Gasteiger partial charge in [-0.05, 0) is 92.8 Å². The van der Waals surface area contributed by atoms with Crippen LogP contribution in [0.5, 0.6) is 0 Å². The van der Waals surface area contributed by atoms with Crippen LogP contribution in [-0.4, -0.2) is 68.1 Å². The maximum absolute atomic E-state index is 13.0. The Morgan fingerprint density at radius 2 is 1.60 bits per heavy atom. The quantitative estimate of drug-likeness (QED) is 0.370. The summed E-state index contributed by atoms with van der Waals surface area (Å²) in [5, 5.41) is 53.3. The SMILES string of the molecule is C[C@H]([C@@H](O)[C@H](O)[C@H](C)C(C)(C)O)[C@H]1CC[C@H]2[C@@H]3COC(=O)[C@H]4C[C@H](O)[C@H](O)C[C@]4(C)[C@H]3CC[C@]12C. The number of fused-ring (bicyclic) bond motifs is 5. The topological polar surface area (TPSA) is 127 Å². The summed E-state index contributed by atoms with van der Waals surface area (Å²) in [4.78, 5) is 13.0. The molecule has 0 radical (unpaired) electrons. The molecule has 3 aliphatic carbocycles. The van der Waals surface area contributed by atoms with E-state index in [1.165, 1.54) is 0 Å². The summed E-state index contributed by atoms with van der Waals surface area (Å²) in [7, 11) is 0. The van der Waals surface area contributed by atoms with Crippen molar-refractivity contribution < 1.29 is 35.1 Å². The Labute approximate surface area is 210 Å². The molecule has 0 unspecified atom stereocenters. The first-order valence-electron chi connectivity index (χ1n) is 13.7. The predicted octanol–water partition coefficient (Wildman–Crippen LogP) is 2.50. The molecule has 0 bridgehead atoms. The third-order valence-electron chi connectivity index (χ3n) is 11.6. The van der Waals surface area contributed by atoms with Crippen molar-refractivity contribution in [2.75, 3.05) is 6.61 Å². The van der Waals surface area contributed by atoms with Crippen LogP contribution in [0.3, 0.4) is 0 Å². The molecule has 5 N–H and O–H groups in total. The molecule has 0 aromatic carbocycles. The van der Waals surface area contributed by atoms with Crippen LogP contribution in [0, 0.1) is 52.3 Å². The lowest BCUT2D eigenvalue weighted by Gasteiger charge is -2.56. The van der Waals surface area contributed by atoms with Gasteiger partial charge in [0.2, 0.25) is 0 Å². The van der Waals surface area contributed by atoms with E-state index in [2.05, 4.69) is 13.8 Å². The Kier molecular flexibility index (Phi) is 7.20. The minimum atomic E-state index is -1.09. The Morgan fingerprint density at radius 1 is 0.971 bits per heavy atom.